The van der Waals surface area contributed by atoms with Crippen LogP contribution in [-0.2, 0) is 10.2 Å². The third-order valence-electron chi connectivity index (χ3n) is 3.86. The Hall–Kier alpha value is -1.78. The van der Waals surface area contributed by atoms with Crippen molar-refractivity contribution in [2.45, 2.75) is 31.1 Å². The summed E-state index contributed by atoms with van der Waals surface area (Å²) in [4.78, 5) is 11.6. The average Bonchev–Trinajstić information content (AvgIpc) is 2.89. The molecule has 0 spiro atoms. The lowest BCUT2D eigenvalue weighted by atomic mass is 9.78. The third kappa shape index (κ3) is 2.13. The van der Waals surface area contributed by atoms with E-state index < -0.39 is 17.2 Å². The van der Waals surface area contributed by atoms with E-state index in [0.29, 0.717) is 24.2 Å². The monoisotopic (exact) mass is 268 g/mol. The maximum atomic E-state index is 13.9. The molecule has 1 aliphatic carbocycles. The lowest BCUT2D eigenvalue weighted by Gasteiger charge is -2.26. The van der Waals surface area contributed by atoms with E-state index in [-0.39, 0.29) is 5.75 Å². The maximum Gasteiger partial charge on any atom is 0.314 e. The van der Waals surface area contributed by atoms with Gasteiger partial charge >= 0.3 is 5.97 Å². The fourth-order valence-electron chi connectivity index (χ4n) is 2.81. The van der Waals surface area contributed by atoms with Crippen molar-refractivity contribution in [2.24, 2.45) is 0 Å². The second kappa shape index (κ2) is 5.07. The molecule has 1 aromatic carbocycles. The predicted octanol–water partition coefficient (Wildman–Crippen LogP) is 2.74. The first-order chi connectivity index (χ1) is 9.05. The van der Waals surface area contributed by atoms with Gasteiger partial charge in [-0.05, 0) is 18.9 Å². The molecular weight excluding hydrogens is 251 g/mol. The number of hydrogen-bond acceptors (Lipinski definition) is 3. The Morgan fingerprint density at radius 1 is 1.21 bits per heavy atom. The quantitative estimate of drug-likeness (QED) is 0.912. The summed E-state index contributed by atoms with van der Waals surface area (Å²) in [6, 6.07) is 2.64. The van der Waals surface area contributed by atoms with Gasteiger partial charge in [0.1, 0.15) is 5.75 Å². The summed E-state index contributed by atoms with van der Waals surface area (Å²) >= 11 is 0. The topological polar surface area (TPSA) is 55.8 Å². The van der Waals surface area contributed by atoms with Crippen LogP contribution in [-0.4, -0.2) is 25.3 Å². The number of carboxylic acid groups (broad SMARTS) is 1. The summed E-state index contributed by atoms with van der Waals surface area (Å²) in [5.74, 6) is -1.07. The summed E-state index contributed by atoms with van der Waals surface area (Å²) < 4.78 is 24.0. The van der Waals surface area contributed by atoms with E-state index in [1.807, 2.05) is 0 Å². The van der Waals surface area contributed by atoms with Gasteiger partial charge in [0.15, 0.2) is 11.6 Å². The number of halogens is 1. The van der Waals surface area contributed by atoms with Crippen LogP contribution >= 0.6 is 0 Å². The van der Waals surface area contributed by atoms with Crippen molar-refractivity contribution < 1.29 is 23.8 Å². The van der Waals surface area contributed by atoms with E-state index in [2.05, 4.69) is 0 Å². The van der Waals surface area contributed by atoms with Crippen LogP contribution < -0.4 is 9.47 Å². The number of carbonyl (C=O) groups is 1. The fourth-order valence-corrected chi connectivity index (χ4v) is 2.81. The summed E-state index contributed by atoms with van der Waals surface area (Å²) in [5, 5.41) is 9.55. The summed E-state index contributed by atoms with van der Waals surface area (Å²) in [5.41, 5.74) is -0.642. The highest BCUT2D eigenvalue weighted by Crippen LogP contribution is 2.46. The summed E-state index contributed by atoms with van der Waals surface area (Å²) in [7, 11) is 2.81. The van der Waals surface area contributed by atoms with Gasteiger partial charge in [0.25, 0.3) is 0 Å². The van der Waals surface area contributed by atoms with Crippen LogP contribution in [0.3, 0.4) is 0 Å². The Balaban J connectivity index is 2.60. The van der Waals surface area contributed by atoms with Gasteiger partial charge < -0.3 is 14.6 Å². The molecule has 104 valence electrons. The van der Waals surface area contributed by atoms with Crippen molar-refractivity contribution >= 4 is 5.97 Å². The molecule has 1 saturated carbocycles. The van der Waals surface area contributed by atoms with Gasteiger partial charge in [-0.1, -0.05) is 12.8 Å². The molecule has 2 rings (SSSR count). The van der Waals surface area contributed by atoms with Gasteiger partial charge in [0.2, 0.25) is 0 Å². The van der Waals surface area contributed by atoms with E-state index in [1.54, 1.807) is 0 Å². The molecule has 0 heterocycles. The molecule has 5 heteroatoms. The molecule has 4 nitrogen and oxygen atoms in total. The normalized spacial score (nSPS) is 17.2. The first-order valence-electron chi connectivity index (χ1n) is 6.20. The number of aliphatic carboxylic acids is 1. The summed E-state index contributed by atoms with van der Waals surface area (Å²) in [6.45, 7) is 0. The van der Waals surface area contributed by atoms with Gasteiger partial charge in [-0.15, -0.1) is 0 Å². The lowest BCUT2D eigenvalue weighted by molar-refractivity contribution is -0.143. The van der Waals surface area contributed by atoms with E-state index >= 15 is 0 Å². The number of ether oxygens (including phenoxy) is 2. The average molecular weight is 268 g/mol. The smallest absolute Gasteiger partial charge is 0.314 e. The molecule has 1 aromatic rings. The predicted molar refractivity (Wildman–Crippen MR) is 67.3 cm³/mol. The largest absolute Gasteiger partial charge is 0.496 e. The molecule has 0 atom stereocenters. The highest BCUT2D eigenvalue weighted by atomic mass is 19.1. The van der Waals surface area contributed by atoms with E-state index in [4.69, 9.17) is 9.47 Å². The van der Waals surface area contributed by atoms with Crippen LogP contribution in [0.5, 0.6) is 11.5 Å². The van der Waals surface area contributed by atoms with Crippen LogP contribution in [0.1, 0.15) is 31.2 Å². The van der Waals surface area contributed by atoms with E-state index in [1.165, 1.54) is 26.4 Å². The number of methoxy groups -OCH3 is 2. The molecule has 0 bridgehead atoms. The van der Waals surface area contributed by atoms with Crippen molar-refractivity contribution in [3.63, 3.8) is 0 Å². The van der Waals surface area contributed by atoms with Crippen molar-refractivity contribution in [3.05, 3.63) is 23.5 Å². The van der Waals surface area contributed by atoms with Crippen LogP contribution in [0, 0.1) is 5.82 Å². The molecule has 0 aliphatic heterocycles. The molecular formula is C14H17FO4. The van der Waals surface area contributed by atoms with Crippen molar-refractivity contribution in [3.8, 4) is 11.5 Å². The van der Waals surface area contributed by atoms with Crippen LogP contribution in [0.25, 0.3) is 0 Å². The number of hydrogen-bond donors (Lipinski definition) is 1. The van der Waals surface area contributed by atoms with Crippen molar-refractivity contribution in [2.75, 3.05) is 14.2 Å². The Morgan fingerprint density at radius 3 is 2.26 bits per heavy atom. The molecule has 0 amide bonds. The van der Waals surface area contributed by atoms with Gasteiger partial charge in [-0.2, -0.15) is 0 Å². The first kappa shape index (κ1) is 13.6. The van der Waals surface area contributed by atoms with Gasteiger partial charge in [0.05, 0.1) is 19.6 Å². The van der Waals surface area contributed by atoms with Gasteiger partial charge in [0, 0.05) is 11.6 Å². The molecule has 1 aliphatic rings. The fraction of sp³-hybridized carbons (Fsp3) is 0.500. The molecule has 0 aromatic heterocycles. The Labute approximate surface area is 111 Å². The molecule has 19 heavy (non-hydrogen) atoms. The minimum atomic E-state index is -1.04. The lowest BCUT2D eigenvalue weighted by Crippen LogP contribution is -2.33. The molecule has 0 saturated heterocycles. The molecule has 0 radical (unpaired) electrons. The van der Waals surface area contributed by atoms with E-state index in [9.17, 15) is 14.3 Å². The van der Waals surface area contributed by atoms with Crippen LogP contribution in [0.2, 0.25) is 0 Å². The molecule has 0 unspecified atom stereocenters. The Kier molecular flexibility index (Phi) is 3.64. The van der Waals surface area contributed by atoms with Crippen molar-refractivity contribution in [1.29, 1.82) is 0 Å². The minimum Gasteiger partial charge on any atom is -0.496 e. The van der Waals surface area contributed by atoms with Gasteiger partial charge in [-0.25, -0.2) is 4.39 Å². The zero-order valence-corrected chi connectivity index (χ0v) is 11.0. The van der Waals surface area contributed by atoms with E-state index in [0.717, 1.165) is 12.8 Å². The van der Waals surface area contributed by atoms with Gasteiger partial charge in [-0.3, -0.25) is 4.79 Å². The number of rotatable bonds is 4. The standard InChI is InChI=1S/C14H17FO4/c1-18-11-8-12(19-2)10(15)7-9(11)14(13(16)17)5-3-4-6-14/h7-8H,3-6H2,1-2H3,(H,16,17). The molecule has 1 fully saturated rings. The summed E-state index contributed by atoms with van der Waals surface area (Å²) in [6.07, 6.45) is 2.65. The maximum absolute atomic E-state index is 13.9. The van der Waals surface area contributed by atoms with Crippen LogP contribution in [0.15, 0.2) is 12.1 Å². The SMILES string of the molecule is COc1cc(OC)c(C2(C(=O)O)CCCC2)cc1F. The zero-order chi connectivity index (χ0) is 14.0. The Bertz CT molecular complexity index is 492. The molecule has 1 N–H and O–H groups in total. The second-order valence-corrected chi connectivity index (χ2v) is 4.78. The van der Waals surface area contributed by atoms with Crippen LogP contribution in [0.4, 0.5) is 4.39 Å². The number of carboxylic acids is 1. The van der Waals surface area contributed by atoms with Crippen molar-refractivity contribution in [1.82, 2.24) is 0 Å². The highest BCUT2D eigenvalue weighted by molar-refractivity contribution is 5.83. The zero-order valence-electron chi connectivity index (χ0n) is 11.0. The first-order valence-corrected chi connectivity index (χ1v) is 6.20. The second-order valence-electron chi connectivity index (χ2n) is 4.78. The minimum absolute atomic E-state index is 0.0548. The number of benzene rings is 1. The Morgan fingerprint density at radius 2 is 1.79 bits per heavy atom. The highest BCUT2D eigenvalue weighted by Gasteiger charge is 2.45. The third-order valence-corrected chi connectivity index (χ3v) is 3.86.